The maximum absolute atomic E-state index is 11.3. The highest BCUT2D eigenvalue weighted by Crippen LogP contribution is 2.14. The van der Waals surface area contributed by atoms with Crippen molar-refractivity contribution >= 4 is 20.9 Å². The van der Waals surface area contributed by atoms with E-state index in [1.54, 1.807) is 6.92 Å². The molecule has 2 aromatic rings. The molecule has 0 saturated heterocycles. The summed E-state index contributed by atoms with van der Waals surface area (Å²) in [6.07, 6.45) is 1.98. The first kappa shape index (κ1) is 12.1. The third-order valence-corrected chi connectivity index (χ3v) is 4.14. The van der Waals surface area contributed by atoms with Crippen LogP contribution in [0.5, 0.6) is 0 Å². The summed E-state index contributed by atoms with van der Waals surface area (Å²) in [5, 5.41) is 1.17. The van der Waals surface area contributed by atoms with Gasteiger partial charge in [-0.1, -0.05) is 18.2 Å². The lowest BCUT2D eigenvalue weighted by atomic mass is 10.2. The van der Waals surface area contributed by atoms with Gasteiger partial charge in [0.25, 0.3) is 0 Å². The maximum Gasteiger partial charge on any atom is 0.211 e. The molecule has 0 atom stereocenters. The Morgan fingerprint density at radius 1 is 1.24 bits per heavy atom. The third kappa shape index (κ3) is 2.87. The summed E-state index contributed by atoms with van der Waals surface area (Å²) < 4.78 is 27.2. The molecule has 0 radical (unpaired) electrons. The van der Waals surface area contributed by atoms with Gasteiger partial charge in [-0.3, -0.25) is 0 Å². The molecule has 0 aliphatic carbocycles. The third-order valence-electron chi connectivity index (χ3n) is 2.73. The Morgan fingerprint density at radius 3 is 2.76 bits per heavy atom. The number of rotatable bonds is 5. The van der Waals surface area contributed by atoms with Gasteiger partial charge in [0.05, 0.1) is 5.75 Å². The lowest BCUT2D eigenvalue weighted by Crippen LogP contribution is -2.28. The van der Waals surface area contributed by atoms with Crippen molar-refractivity contribution in [1.29, 1.82) is 0 Å². The highest BCUT2D eigenvalue weighted by Gasteiger charge is 2.05. The standard InChI is InChI=1S/C12H16N2O2S/c1-2-17(15,16)13-8-10-14-9-7-11-5-3-4-6-12(11)14/h3-7,9,13H,2,8,10H2,1H3. The number of fused-ring (bicyclic) bond motifs is 1. The average Bonchev–Trinajstić information content (AvgIpc) is 2.73. The molecule has 0 unspecified atom stereocenters. The Hall–Kier alpha value is -1.33. The van der Waals surface area contributed by atoms with Gasteiger partial charge in [0, 0.05) is 24.8 Å². The van der Waals surface area contributed by atoms with E-state index in [9.17, 15) is 8.42 Å². The van der Waals surface area contributed by atoms with E-state index >= 15 is 0 Å². The molecule has 0 aliphatic rings. The van der Waals surface area contributed by atoms with E-state index in [0.29, 0.717) is 13.1 Å². The Balaban J connectivity index is 2.05. The van der Waals surface area contributed by atoms with Gasteiger partial charge in [0.1, 0.15) is 0 Å². The van der Waals surface area contributed by atoms with Crippen molar-refractivity contribution in [3.63, 3.8) is 0 Å². The van der Waals surface area contributed by atoms with Crippen LogP contribution in [0.2, 0.25) is 0 Å². The van der Waals surface area contributed by atoms with Crippen LogP contribution in [0.1, 0.15) is 6.92 Å². The van der Waals surface area contributed by atoms with Crippen LogP contribution < -0.4 is 4.72 Å². The van der Waals surface area contributed by atoms with Crippen molar-refractivity contribution < 1.29 is 8.42 Å². The number of nitrogens with zero attached hydrogens (tertiary/aromatic N) is 1. The molecule has 17 heavy (non-hydrogen) atoms. The molecular weight excluding hydrogens is 236 g/mol. The van der Waals surface area contributed by atoms with Crippen LogP contribution in [-0.4, -0.2) is 25.3 Å². The molecule has 1 aromatic carbocycles. The molecular formula is C12H16N2O2S. The summed E-state index contributed by atoms with van der Waals surface area (Å²) in [4.78, 5) is 0. The summed E-state index contributed by atoms with van der Waals surface area (Å²) in [7, 11) is -3.09. The molecule has 4 nitrogen and oxygen atoms in total. The fourth-order valence-corrected chi connectivity index (χ4v) is 2.37. The molecule has 1 heterocycles. The minimum atomic E-state index is -3.09. The summed E-state index contributed by atoms with van der Waals surface area (Å²) in [6.45, 7) is 2.70. The number of nitrogens with one attached hydrogen (secondary N) is 1. The molecule has 5 heteroatoms. The van der Waals surface area contributed by atoms with Crippen LogP contribution >= 0.6 is 0 Å². The van der Waals surface area contributed by atoms with E-state index in [1.165, 1.54) is 5.39 Å². The number of sulfonamides is 1. The molecule has 0 saturated carbocycles. The van der Waals surface area contributed by atoms with Crippen LogP contribution in [0.3, 0.4) is 0 Å². The molecule has 0 amide bonds. The smallest absolute Gasteiger partial charge is 0.211 e. The van der Waals surface area contributed by atoms with Crippen molar-refractivity contribution in [3.8, 4) is 0 Å². The quantitative estimate of drug-likeness (QED) is 0.878. The van der Waals surface area contributed by atoms with E-state index in [0.717, 1.165) is 5.52 Å². The molecule has 0 fully saturated rings. The largest absolute Gasteiger partial charge is 0.346 e. The van der Waals surface area contributed by atoms with Gasteiger partial charge in [-0.05, 0) is 24.4 Å². The number of aromatic nitrogens is 1. The van der Waals surface area contributed by atoms with Gasteiger partial charge in [-0.25, -0.2) is 13.1 Å². The SMILES string of the molecule is CCS(=O)(=O)NCCn1ccc2ccccc21. The summed E-state index contributed by atoms with van der Waals surface area (Å²) >= 11 is 0. The Labute approximate surface area is 101 Å². The van der Waals surface area contributed by atoms with E-state index in [2.05, 4.69) is 4.72 Å². The summed E-state index contributed by atoms with van der Waals surface area (Å²) in [5.41, 5.74) is 1.13. The van der Waals surface area contributed by atoms with Crippen molar-refractivity contribution in [2.24, 2.45) is 0 Å². The minimum absolute atomic E-state index is 0.124. The lowest BCUT2D eigenvalue weighted by molar-refractivity contribution is 0.576. The van der Waals surface area contributed by atoms with E-state index < -0.39 is 10.0 Å². The normalized spacial score (nSPS) is 12.1. The Morgan fingerprint density at radius 2 is 2.00 bits per heavy atom. The highest BCUT2D eigenvalue weighted by atomic mass is 32.2. The Bertz CT molecular complexity index is 602. The van der Waals surface area contributed by atoms with Crippen LogP contribution in [0.25, 0.3) is 10.9 Å². The van der Waals surface area contributed by atoms with Crippen LogP contribution in [0.15, 0.2) is 36.5 Å². The number of para-hydroxylation sites is 1. The lowest BCUT2D eigenvalue weighted by Gasteiger charge is -2.06. The predicted octanol–water partition coefficient (Wildman–Crippen LogP) is 1.58. The van der Waals surface area contributed by atoms with Crippen LogP contribution in [-0.2, 0) is 16.6 Å². The zero-order valence-electron chi connectivity index (χ0n) is 9.76. The maximum atomic E-state index is 11.3. The molecule has 0 aliphatic heterocycles. The summed E-state index contributed by atoms with van der Waals surface area (Å²) in [6, 6.07) is 10.1. The van der Waals surface area contributed by atoms with Gasteiger partial charge in [-0.15, -0.1) is 0 Å². The zero-order valence-corrected chi connectivity index (χ0v) is 10.6. The fraction of sp³-hybridized carbons (Fsp3) is 0.333. The minimum Gasteiger partial charge on any atom is -0.346 e. The first-order valence-corrected chi connectivity index (χ1v) is 7.29. The fourth-order valence-electron chi connectivity index (χ4n) is 1.76. The van der Waals surface area contributed by atoms with E-state index in [4.69, 9.17) is 0 Å². The predicted molar refractivity (Wildman–Crippen MR) is 69.4 cm³/mol. The van der Waals surface area contributed by atoms with Gasteiger partial charge < -0.3 is 4.57 Å². The molecule has 1 N–H and O–H groups in total. The van der Waals surface area contributed by atoms with Gasteiger partial charge in [0.2, 0.25) is 10.0 Å². The average molecular weight is 252 g/mol. The van der Waals surface area contributed by atoms with Crippen molar-refractivity contribution in [1.82, 2.24) is 9.29 Å². The topological polar surface area (TPSA) is 51.1 Å². The van der Waals surface area contributed by atoms with Crippen molar-refractivity contribution in [2.75, 3.05) is 12.3 Å². The summed E-state index contributed by atoms with van der Waals surface area (Å²) in [5.74, 6) is 0.124. The van der Waals surface area contributed by atoms with Gasteiger partial charge >= 0.3 is 0 Å². The zero-order chi connectivity index (χ0) is 12.3. The second-order valence-electron chi connectivity index (χ2n) is 3.87. The molecule has 0 bridgehead atoms. The molecule has 1 aromatic heterocycles. The van der Waals surface area contributed by atoms with E-state index in [-0.39, 0.29) is 5.75 Å². The van der Waals surface area contributed by atoms with Crippen LogP contribution in [0, 0.1) is 0 Å². The van der Waals surface area contributed by atoms with Crippen molar-refractivity contribution in [3.05, 3.63) is 36.5 Å². The van der Waals surface area contributed by atoms with Gasteiger partial charge in [-0.2, -0.15) is 0 Å². The number of hydrogen-bond donors (Lipinski definition) is 1. The second kappa shape index (κ2) is 4.89. The molecule has 2 rings (SSSR count). The first-order valence-electron chi connectivity index (χ1n) is 5.63. The highest BCUT2D eigenvalue weighted by molar-refractivity contribution is 7.89. The van der Waals surface area contributed by atoms with Crippen LogP contribution in [0.4, 0.5) is 0 Å². The first-order chi connectivity index (χ1) is 8.12. The molecule has 0 spiro atoms. The number of benzene rings is 1. The number of hydrogen-bond acceptors (Lipinski definition) is 2. The second-order valence-corrected chi connectivity index (χ2v) is 5.96. The van der Waals surface area contributed by atoms with Crippen molar-refractivity contribution in [2.45, 2.75) is 13.5 Å². The van der Waals surface area contributed by atoms with E-state index in [1.807, 2.05) is 41.1 Å². The monoisotopic (exact) mass is 252 g/mol. The molecule has 92 valence electrons. The Kier molecular flexibility index (Phi) is 3.49. The van der Waals surface area contributed by atoms with Gasteiger partial charge in [0.15, 0.2) is 0 Å².